The summed E-state index contributed by atoms with van der Waals surface area (Å²) in [5, 5.41) is 11.7. The molecule has 0 amide bonds. The first kappa shape index (κ1) is 35.4. The average molecular weight is 655 g/mol. The van der Waals surface area contributed by atoms with Gasteiger partial charge in [-0.15, -0.1) is 6.58 Å². The zero-order chi connectivity index (χ0) is 33.4. The van der Waals surface area contributed by atoms with Crippen molar-refractivity contribution < 1.29 is 38.3 Å². The predicted octanol–water partition coefficient (Wildman–Crippen LogP) is 6.65. The highest BCUT2D eigenvalue weighted by atomic mass is 16.7. The third-order valence-corrected chi connectivity index (χ3v) is 8.10. The molecule has 8 nitrogen and oxygen atoms in total. The summed E-state index contributed by atoms with van der Waals surface area (Å²) in [5.74, 6) is 0.783. The summed E-state index contributed by atoms with van der Waals surface area (Å²) in [7, 11) is 1.64. The first-order chi connectivity index (χ1) is 23.6. The molecule has 1 aliphatic rings. The first-order valence-corrected chi connectivity index (χ1v) is 16.4. The van der Waals surface area contributed by atoms with Gasteiger partial charge in [0.1, 0.15) is 30.2 Å². The molecule has 5 rings (SSSR count). The highest BCUT2D eigenvalue weighted by Gasteiger charge is 2.47. The molecule has 48 heavy (non-hydrogen) atoms. The average Bonchev–Trinajstić information content (AvgIpc) is 3.14. The van der Waals surface area contributed by atoms with Crippen LogP contribution in [0, 0.1) is 0 Å². The fourth-order valence-corrected chi connectivity index (χ4v) is 5.47. The van der Waals surface area contributed by atoms with Crippen LogP contribution in [0.15, 0.2) is 128 Å². The summed E-state index contributed by atoms with van der Waals surface area (Å²) in [6.45, 7) is 5.64. The Balaban J connectivity index is 1.30. The van der Waals surface area contributed by atoms with Gasteiger partial charge in [-0.25, -0.2) is 0 Å². The highest BCUT2D eigenvalue weighted by Crippen LogP contribution is 2.29. The number of ether oxygens (including phenoxy) is 7. The van der Waals surface area contributed by atoms with Crippen molar-refractivity contribution in [3.8, 4) is 5.75 Å². The van der Waals surface area contributed by atoms with Crippen LogP contribution in [-0.2, 0) is 54.8 Å². The van der Waals surface area contributed by atoms with Crippen LogP contribution in [0.2, 0.25) is 0 Å². The van der Waals surface area contributed by atoms with Gasteiger partial charge in [-0.1, -0.05) is 109 Å². The monoisotopic (exact) mass is 654 g/mol. The molecule has 0 bridgehead atoms. The summed E-state index contributed by atoms with van der Waals surface area (Å²) in [5.41, 5.74) is 4.02. The van der Waals surface area contributed by atoms with E-state index in [1.54, 1.807) is 13.2 Å². The molecule has 1 heterocycles. The quantitative estimate of drug-likeness (QED) is 0.113. The minimum atomic E-state index is -1.15. The van der Waals surface area contributed by atoms with Gasteiger partial charge in [-0.05, 0) is 40.8 Å². The molecule has 0 radical (unpaired) electrons. The Hall–Kier alpha value is -3.86. The van der Waals surface area contributed by atoms with Gasteiger partial charge >= 0.3 is 0 Å². The van der Waals surface area contributed by atoms with Crippen LogP contribution in [0.3, 0.4) is 0 Å². The third-order valence-electron chi connectivity index (χ3n) is 8.10. The van der Waals surface area contributed by atoms with Crippen molar-refractivity contribution in [2.24, 2.45) is 0 Å². The zero-order valence-electron chi connectivity index (χ0n) is 27.5. The van der Waals surface area contributed by atoms with E-state index in [0.29, 0.717) is 26.2 Å². The lowest BCUT2D eigenvalue weighted by molar-refractivity contribution is -0.322. The Kier molecular flexibility index (Phi) is 14.2. The molecule has 0 aromatic heterocycles. The standard InChI is InChI=1S/C40H46O8/c1-3-13-35(44-25-33-20-22-34(42-2)23-21-33)28-47-40-37(41)39(46-27-32-18-11-6-12-19-32)38(45-26-31-16-9-5-10-17-31)36(48-40)29-43-24-30-14-7-4-8-15-30/h3-12,14-23,35-41H,1,13,24-29H2,2H3/t35-,36+,37+,38+,39+,40+/m0/s1. The van der Waals surface area contributed by atoms with Crippen LogP contribution in [0.5, 0.6) is 5.75 Å². The van der Waals surface area contributed by atoms with Gasteiger partial charge in [0, 0.05) is 0 Å². The Bertz CT molecular complexity index is 1450. The SMILES string of the molecule is C=CC[C@@H](CO[C@@H]1O[C@H](COCc2ccccc2)[C@@H](OCc2ccccc2)[C@H](OCc2ccccc2)[C@H]1O)OCc1ccc(OC)cc1. The van der Waals surface area contributed by atoms with Crippen LogP contribution in [0.25, 0.3) is 0 Å². The van der Waals surface area contributed by atoms with Gasteiger partial charge in [0.2, 0.25) is 0 Å². The van der Waals surface area contributed by atoms with Crippen LogP contribution in [0.4, 0.5) is 0 Å². The molecule has 0 unspecified atom stereocenters. The molecule has 254 valence electrons. The first-order valence-electron chi connectivity index (χ1n) is 16.4. The zero-order valence-corrected chi connectivity index (χ0v) is 27.5. The lowest BCUT2D eigenvalue weighted by atomic mass is 9.98. The Morgan fingerprint density at radius 2 is 1.23 bits per heavy atom. The van der Waals surface area contributed by atoms with E-state index >= 15 is 0 Å². The highest BCUT2D eigenvalue weighted by molar-refractivity contribution is 5.26. The van der Waals surface area contributed by atoms with Crippen LogP contribution < -0.4 is 4.74 Å². The number of rotatable bonds is 19. The fraction of sp³-hybridized carbons (Fsp3) is 0.350. The number of aliphatic hydroxyl groups is 1. The van der Waals surface area contributed by atoms with Gasteiger partial charge in [0.25, 0.3) is 0 Å². The van der Waals surface area contributed by atoms with E-state index in [2.05, 4.69) is 6.58 Å². The van der Waals surface area contributed by atoms with Gasteiger partial charge in [0.15, 0.2) is 6.29 Å². The van der Waals surface area contributed by atoms with Crippen molar-refractivity contribution in [3.05, 3.63) is 150 Å². The lowest BCUT2D eigenvalue weighted by Gasteiger charge is -2.44. The topological polar surface area (TPSA) is 84.8 Å². The molecule has 0 spiro atoms. The molecular weight excluding hydrogens is 608 g/mol. The van der Waals surface area contributed by atoms with E-state index < -0.39 is 30.7 Å². The van der Waals surface area contributed by atoms with Crippen molar-refractivity contribution >= 4 is 0 Å². The Morgan fingerprint density at radius 3 is 1.79 bits per heavy atom. The van der Waals surface area contributed by atoms with E-state index in [1.165, 1.54) is 0 Å². The summed E-state index contributed by atoms with van der Waals surface area (Å²) in [6, 6.07) is 37.4. The molecule has 1 N–H and O–H groups in total. The van der Waals surface area contributed by atoms with E-state index in [-0.39, 0.29) is 25.9 Å². The van der Waals surface area contributed by atoms with Crippen molar-refractivity contribution in [1.82, 2.24) is 0 Å². The maximum Gasteiger partial charge on any atom is 0.186 e. The molecule has 6 atom stereocenters. The van der Waals surface area contributed by atoms with Crippen LogP contribution in [0.1, 0.15) is 28.7 Å². The number of methoxy groups -OCH3 is 1. The smallest absolute Gasteiger partial charge is 0.186 e. The van der Waals surface area contributed by atoms with Crippen molar-refractivity contribution in [3.63, 3.8) is 0 Å². The second kappa shape index (κ2) is 19.2. The Morgan fingerprint density at radius 1 is 0.688 bits per heavy atom. The molecule has 0 aliphatic carbocycles. The van der Waals surface area contributed by atoms with Crippen molar-refractivity contribution in [2.75, 3.05) is 20.3 Å². The van der Waals surface area contributed by atoms with Gasteiger partial charge in [0.05, 0.1) is 52.9 Å². The van der Waals surface area contributed by atoms with E-state index in [9.17, 15) is 5.11 Å². The Labute approximate surface area is 283 Å². The van der Waals surface area contributed by atoms with Gasteiger partial charge < -0.3 is 38.3 Å². The lowest BCUT2D eigenvalue weighted by Crippen LogP contribution is -2.61. The largest absolute Gasteiger partial charge is 0.497 e. The van der Waals surface area contributed by atoms with Crippen LogP contribution in [-0.4, -0.2) is 62.2 Å². The molecular formula is C40H46O8. The molecule has 4 aromatic rings. The molecule has 1 saturated heterocycles. The van der Waals surface area contributed by atoms with E-state index in [1.807, 2.05) is 115 Å². The second-order valence-corrected chi connectivity index (χ2v) is 11.7. The minimum absolute atomic E-state index is 0.169. The number of hydrogen-bond acceptors (Lipinski definition) is 8. The van der Waals surface area contributed by atoms with E-state index in [4.69, 9.17) is 33.2 Å². The molecule has 4 aromatic carbocycles. The molecule has 1 aliphatic heterocycles. The minimum Gasteiger partial charge on any atom is -0.497 e. The summed E-state index contributed by atoms with van der Waals surface area (Å²) in [6.07, 6.45) is -2.13. The van der Waals surface area contributed by atoms with Crippen molar-refractivity contribution in [1.29, 1.82) is 0 Å². The summed E-state index contributed by atoms with van der Waals surface area (Å²) in [4.78, 5) is 0. The number of hydrogen-bond donors (Lipinski definition) is 1. The normalized spacial score (nSPS) is 21.4. The third kappa shape index (κ3) is 10.8. The summed E-state index contributed by atoms with van der Waals surface area (Å²) >= 11 is 0. The molecule has 0 saturated carbocycles. The van der Waals surface area contributed by atoms with Gasteiger partial charge in [-0.2, -0.15) is 0 Å². The van der Waals surface area contributed by atoms with E-state index in [0.717, 1.165) is 28.0 Å². The maximum atomic E-state index is 11.7. The second-order valence-electron chi connectivity index (χ2n) is 11.7. The molecule has 8 heteroatoms. The predicted molar refractivity (Wildman–Crippen MR) is 183 cm³/mol. The number of benzene rings is 4. The fourth-order valence-electron chi connectivity index (χ4n) is 5.47. The van der Waals surface area contributed by atoms with Crippen molar-refractivity contribution in [2.45, 2.75) is 69.7 Å². The number of aliphatic hydroxyl groups excluding tert-OH is 1. The molecule has 1 fully saturated rings. The van der Waals surface area contributed by atoms with Gasteiger partial charge in [-0.3, -0.25) is 0 Å². The van der Waals surface area contributed by atoms with Crippen LogP contribution >= 0.6 is 0 Å². The summed E-state index contributed by atoms with van der Waals surface area (Å²) < 4.78 is 43.2. The maximum absolute atomic E-state index is 11.7.